The maximum Gasteiger partial charge on any atom is 0.312 e. The number of aryl methyl sites for hydroxylation is 1. The van der Waals surface area contributed by atoms with Gasteiger partial charge in [0.2, 0.25) is 0 Å². The van der Waals surface area contributed by atoms with Gasteiger partial charge in [-0.25, -0.2) is 0 Å². The molecule has 0 saturated heterocycles. The number of carboxylic acid groups (broad SMARTS) is 1. The zero-order valence-electron chi connectivity index (χ0n) is 9.58. The molecule has 0 spiro atoms. The van der Waals surface area contributed by atoms with Gasteiger partial charge in [0.25, 0.3) is 0 Å². The molecule has 0 aliphatic heterocycles. The highest BCUT2D eigenvalue weighted by Crippen LogP contribution is 2.24. The number of hydrogen-bond donors (Lipinski definition) is 1. The van der Waals surface area contributed by atoms with Gasteiger partial charge in [0.05, 0.1) is 5.41 Å². The van der Waals surface area contributed by atoms with E-state index < -0.39 is 11.4 Å². The van der Waals surface area contributed by atoms with Crippen molar-refractivity contribution in [2.24, 2.45) is 5.41 Å². The third-order valence-electron chi connectivity index (χ3n) is 2.30. The Kier molecular flexibility index (Phi) is 3.97. The van der Waals surface area contributed by atoms with Gasteiger partial charge in [0.15, 0.2) is 0 Å². The highest BCUT2D eigenvalue weighted by molar-refractivity contribution is 9.10. The van der Waals surface area contributed by atoms with Crippen LogP contribution in [-0.4, -0.2) is 17.7 Å². The van der Waals surface area contributed by atoms with E-state index in [0.717, 1.165) is 15.8 Å². The van der Waals surface area contributed by atoms with Crippen molar-refractivity contribution < 1.29 is 14.6 Å². The molecule has 0 aliphatic rings. The number of benzene rings is 1. The van der Waals surface area contributed by atoms with Gasteiger partial charge < -0.3 is 9.84 Å². The summed E-state index contributed by atoms with van der Waals surface area (Å²) in [7, 11) is 0. The SMILES string of the molecule is Cc1cc(Br)ccc1OCC(C)(C)C(=O)O. The molecule has 0 heterocycles. The van der Waals surface area contributed by atoms with Crippen LogP contribution in [0.15, 0.2) is 22.7 Å². The average Bonchev–Trinajstić information content (AvgIpc) is 2.16. The quantitative estimate of drug-likeness (QED) is 0.924. The number of carboxylic acids is 1. The summed E-state index contributed by atoms with van der Waals surface area (Å²) in [5, 5.41) is 8.95. The number of ether oxygens (including phenoxy) is 1. The van der Waals surface area contributed by atoms with Gasteiger partial charge in [0, 0.05) is 4.47 Å². The zero-order chi connectivity index (χ0) is 12.3. The number of rotatable bonds is 4. The summed E-state index contributed by atoms with van der Waals surface area (Å²) in [6.07, 6.45) is 0. The molecule has 1 rings (SSSR count). The minimum atomic E-state index is -0.875. The molecular formula is C12H15BrO3. The van der Waals surface area contributed by atoms with E-state index >= 15 is 0 Å². The number of halogens is 1. The Morgan fingerprint density at radius 1 is 1.50 bits per heavy atom. The zero-order valence-corrected chi connectivity index (χ0v) is 11.2. The van der Waals surface area contributed by atoms with Gasteiger partial charge in [-0.3, -0.25) is 4.79 Å². The summed E-state index contributed by atoms with van der Waals surface area (Å²) in [5.74, 6) is -0.139. The van der Waals surface area contributed by atoms with Crippen molar-refractivity contribution >= 4 is 21.9 Å². The second-order valence-electron chi connectivity index (χ2n) is 4.39. The van der Waals surface area contributed by atoms with E-state index in [1.807, 2.05) is 25.1 Å². The summed E-state index contributed by atoms with van der Waals surface area (Å²) >= 11 is 3.36. The molecule has 0 radical (unpaired) electrons. The molecular weight excluding hydrogens is 272 g/mol. The van der Waals surface area contributed by atoms with Crippen molar-refractivity contribution in [1.82, 2.24) is 0 Å². The molecule has 0 fully saturated rings. The smallest absolute Gasteiger partial charge is 0.312 e. The van der Waals surface area contributed by atoms with Gasteiger partial charge in [-0.1, -0.05) is 15.9 Å². The molecule has 4 heteroatoms. The van der Waals surface area contributed by atoms with E-state index in [1.54, 1.807) is 13.8 Å². The molecule has 0 amide bonds. The second kappa shape index (κ2) is 4.87. The first-order valence-corrected chi connectivity index (χ1v) is 5.74. The van der Waals surface area contributed by atoms with Crippen molar-refractivity contribution in [3.63, 3.8) is 0 Å². The molecule has 0 aliphatic carbocycles. The third kappa shape index (κ3) is 3.23. The Balaban J connectivity index is 2.72. The average molecular weight is 287 g/mol. The minimum Gasteiger partial charge on any atom is -0.492 e. The predicted molar refractivity (Wildman–Crippen MR) is 65.8 cm³/mol. The maximum absolute atomic E-state index is 10.9. The van der Waals surface area contributed by atoms with Crippen LogP contribution in [0.25, 0.3) is 0 Å². The Labute approximate surface area is 104 Å². The summed E-state index contributed by atoms with van der Waals surface area (Å²) in [6, 6.07) is 5.64. The maximum atomic E-state index is 10.9. The number of hydrogen-bond acceptors (Lipinski definition) is 2. The van der Waals surface area contributed by atoms with Crippen LogP contribution in [0.1, 0.15) is 19.4 Å². The van der Waals surface area contributed by atoms with Crippen LogP contribution in [0.3, 0.4) is 0 Å². The van der Waals surface area contributed by atoms with E-state index in [4.69, 9.17) is 9.84 Å². The van der Waals surface area contributed by atoms with Crippen molar-refractivity contribution in [2.45, 2.75) is 20.8 Å². The fraction of sp³-hybridized carbons (Fsp3) is 0.417. The van der Waals surface area contributed by atoms with Crippen molar-refractivity contribution in [2.75, 3.05) is 6.61 Å². The van der Waals surface area contributed by atoms with E-state index in [-0.39, 0.29) is 6.61 Å². The van der Waals surface area contributed by atoms with Crippen LogP contribution in [0.5, 0.6) is 5.75 Å². The van der Waals surface area contributed by atoms with Gasteiger partial charge in [-0.2, -0.15) is 0 Å². The summed E-state index contributed by atoms with van der Waals surface area (Å²) in [5.41, 5.74) is 0.107. The van der Waals surface area contributed by atoms with Gasteiger partial charge in [-0.05, 0) is 44.5 Å². The molecule has 16 heavy (non-hydrogen) atoms. The standard InChI is InChI=1S/C12H15BrO3/c1-8-6-9(13)4-5-10(8)16-7-12(2,3)11(14)15/h4-6H,7H2,1-3H3,(H,14,15). The van der Waals surface area contributed by atoms with Gasteiger partial charge in [-0.15, -0.1) is 0 Å². The van der Waals surface area contributed by atoms with E-state index in [1.165, 1.54) is 0 Å². The van der Waals surface area contributed by atoms with Crippen LogP contribution < -0.4 is 4.74 Å². The molecule has 0 saturated carbocycles. The summed E-state index contributed by atoms with van der Waals surface area (Å²) in [6.45, 7) is 5.37. The molecule has 1 aromatic rings. The molecule has 88 valence electrons. The first kappa shape index (κ1) is 13.0. The largest absolute Gasteiger partial charge is 0.492 e. The van der Waals surface area contributed by atoms with E-state index in [9.17, 15) is 4.79 Å². The van der Waals surface area contributed by atoms with Crippen LogP contribution in [-0.2, 0) is 4.79 Å². The van der Waals surface area contributed by atoms with Gasteiger partial charge >= 0.3 is 5.97 Å². The molecule has 0 aromatic heterocycles. The highest BCUT2D eigenvalue weighted by Gasteiger charge is 2.28. The number of carbonyl (C=O) groups is 1. The lowest BCUT2D eigenvalue weighted by molar-refractivity contribution is -0.148. The van der Waals surface area contributed by atoms with E-state index in [2.05, 4.69) is 15.9 Å². The lowest BCUT2D eigenvalue weighted by Gasteiger charge is -2.20. The molecule has 0 unspecified atom stereocenters. The van der Waals surface area contributed by atoms with Crippen molar-refractivity contribution in [3.05, 3.63) is 28.2 Å². The normalized spacial score (nSPS) is 11.2. The van der Waals surface area contributed by atoms with Crippen LogP contribution in [0.2, 0.25) is 0 Å². The Morgan fingerprint density at radius 2 is 2.12 bits per heavy atom. The fourth-order valence-electron chi connectivity index (χ4n) is 1.09. The topological polar surface area (TPSA) is 46.5 Å². The Hall–Kier alpha value is -1.03. The van der Waals surface area contributed by atoms with Crippen LogP contribution >= 0.6 is 15.9 Å². The highest BCUT2D eigenvalue weighted by atomic mass is 79.9. The monoisotopic (exact) mass is 286 g/mol. The molecule has 1 aromatic carbocycles. The Morgan fingerprint density at radius 3 is 2.62 bits per heavy atom. The lowest BCUT2D eigenvalue weighted by Crippen LogP contribution is -2.30. The molecule has 3 nitrogen and oxygen atoms in total. The van der Waals surface area contributed by atoms with Crippen LogP contribution in [0.4, 0.5) is 0 Å². The second-order valence-corrected chi connectivity index (χ2v) is 5.30. The molecule has 0 bridgehead atoms. The fourth-order valence-corrected chi connectivity index (χ4v) is 1.57. The summed E-state index contributed by atoms with van der Waals surface area (Å²) < 4.78 is 6.50. The first-order valence-electron chi connectivity index (χ1n) is 4.95. The van der Waals surface area contributed by atoms with Crippen molar-refractivity contribution in [1.29, 1.82) is 0 Å². The molecule has 1 N–H and O–H groups in total. The molecule has 0 atom stereocenters. The predicted octanol–water partition coefficient (Wildman–Crippen LogP) is 3.25. The van der Waals surface area contributed by atoms with Crippen LogP contribution in [0, 0.1) is 12.3 Å². The lowest BCUT2D eigenvalue weighted by atomic mass is 9.95. The van der Waals surface area contributed by atoms with Gasteiger partial charge in [0.1, 0.15) is 12.4 Å². The first-order chi connectivity index (χ1) is 7.33. The van der Waals surface area contributed by atoms with E-state index in [0.29, 0.717) is 0 Å². The summed E-state index contributed by atoms with van der Waals surface area (Å²) in [4.78, 5) is 10.9. The minimum absolute atomic E-state index is 0.158. The van der Waals surface area contributed by atoms with Crippen molar-refractivity contribution in [3.8, 4) is 5.75 Å². The Bertz CT molecular complexity index is 399. The third-order valence-corrected chi connectivity index (χ3v) is 2.80. The number of aliphatic carboxylic acids is 1.